The molecule has 0 aliphatic carbocycles. The van der Waals surface area contributed by atoms with Crippen LogP contribution in [0.2, 0.25) is 0 Å². The topological polar surface area (TPSA) is 48.7 Å². The van der Waals surface area contributed by atoms with E-state index in [-0.39, 0.29) is 5.91 Å². The molecule has 5 heteroatoms. The van der Waals surface area contributed by atoms with Crippen LogP contribution in [-0.2, 0) is 0 Å². The van der Waals surface area contributed by atoms with Crippen molar-refractivity contribution < 1.29 is 9.21 Å². The maximum Gasteiger partial charge on any atom is 0.289 e. The van der Waals surface area contributed by atoms with Crippen molar-refractivity contribution in [3.05, 3.63) is 35.6 Å². The summed E-state index contributed by atoms with van der Waals surface area (Å²) < 4.78 is 5.76. The molecule has 1 aromatic carbocycles. The molecule has 1 unspecified atom stereocenters. The minimum absolute atomic E-state index is 0.0245. The van der Waals surface area contributed by atoms with Crippen molar-refractivity contribution in [1.82, 2.24) is 15.1 Å². The maximum atomic E-state index is 12.7. The number of hydrogen-bond donors (Lipinski definition) is 1. The van der Waals surface area contributed by atoms with Gasteiger partial charge >= 0.3 is 0 Å². The Labute approximate surface area is 136 Å². The highest BCUT2D eigenvalue weighted by Crippen LogP contribution is 2.24. The van der Waals surface area contributed by atoms with Crippen LogP contribution in [0.3, 0.4) is 0 Å². The van der Waals surface area contributed by atoms with Crippen LogP contribution in [0.25, 0.3) is 11.0 Å². The predicted octanol–water partition coefficient (Wildman–Crippen LogP) is 1.86. The van der Waals surface area contributed by atoms with E-state index < -0.39 is 0 Å². The molecule has 1 atom stereocenters. The van der Waals surface area contributed by atoms with Gasteiger partial charge in [0, 0.05) is 50.7 Å². The summed E-state index contributed by atoms with van der Waals surface area (Å²) in [6.45, 7) is 7.94. The van der Waals surface area contributed by atoms with Crippen molar-refractivity contribution in [2.45, 2.75) is 19.4 Å². The number of carbonyl (C=O) groups is 1. The molecule has 1 aromatic heterocycles. The molecule has 2 saturated heterocycles. The lowest BCUT2D eigenvalue weighted by molar-refractivity contribution is 0.0744. The summed E-state index contributed by atoms with van der Waals surface area (Å²) in [5.41, 5.74) is 1.97. The number of carbonyl (C=O) groups excluding carboxylic acids is 1. The van der Waals surface area contributed by atoms with Crippen LogP contribution in [0.1, 0.15) is 22.5 Å². The van der Waals surface area contributed by atoms with Crippen molar-refractivity contribution in [2.75, 3.05) is 39.3 Å². The molecule has 3 heterocycles. The maximum absolute atomic E-state index is 12.7. The fraction of sp³-hybridized carbons (Fsp3) is 0.500. The molecular formula is C18H23N3O2. The lowest BCUT2D eigenvalue weighted by atomic mass is 10.2. The Bertz CT molecular complexity index is 718. The molecule has 0 radical (unpaired) electrons. The standard InChI is InChI=1S/C18H23N3O2/c1-13-2-3-16-14(10-13)11-17(23-16)18(22)21-7-4-15(12-21)20-8-5-19-6-9-20/h2-3,10-11,15,19H,4-9,12H2,1H3. The number of hydrogen-bond acceptors (Lipinski definition) is 4. The summed E-state index contributed by atoms with van der Waals surface area (Å²) in [7, 11) is 0. The molecule has 1 amide bonds. The van der Waals surface area contributed by atoms with Gasteiger partial charge in [-0.15, -0.1) is 0 Å². The smallest absolute Gasteiger partial charge is 0.289 e. The van der Waals surface area contributed by atoms with Crippen LogP contribution < -0.4 is 5.32 Å². The second-order valence-electron chi connectivity index (χ2n) is 6.63. The van der Waals surface area contributed by atoms with Crippen LogP contribution >= 0.6 is 0 Å². The second kappa shape index (κ2) is 5.98. The average molecular weight is 313 g/mol. The van der Waals surface area contributed by atoms with Crippen molar-refractivity contribution >= 4 is 16.9 Å². The summed E-state index contributed by atoms with van der Waals surface area (Å²) in [6, 6.07) is 8.38. The Morgan fingerprint density at radius 2 is 2.04 bits per heavy atom. The normalized spacial score (nSPS) is 22.8. The van der Waals surface area contributed by atoms with E-state index in [2.05, 4.69) is 16.3 Å². The molecule has 5 nitrogen and oxygen atoms in total. The van der Waals surface area contributed by atoms with Gasteiger partial charge in [-0.3, -0.25) is 9.69 Å². The molecule has 4 rings (SSSR count). The van der Waals surface area contributed by atoms with Gasteiger partial charge < -0.3 is 14.6 Å². The van der Waals surface area contributed by atoms with Crippen molar-refractivity contribution in [3.63, 3.8) is 0 Å². The number of benzene rings is 1. The molecule has 0 bridgehead atoms. The fourth-order valence-corrected chi connectivity index (χ4v) is 3.70. The van der Waals surface area contributed by atoms with E-state index in [4.69, 9.17) is 4.42 Å². The second-order valence-corrected chi connectivity index (χ2v) is 6.63. The Hall–Kier alpha value is -1.85. The number of furan rings is 1. The third-order valence-electron chi connectivity index (χ3n) is 5.00. The first-order valence-electron chi connectivity index (χ1n) is 8.45. The van der Waals surface area contributed by atoms with Gasteiger partial charge in [0.25, 0.3) is 5.91 Å². The van der Waals surface area contributed by atoms with Crippen molar-refractivity contribution in [2.24, 2.45) is 0 Å². The van der Waals surface area contributed by atoms with E-state index >= 15 is 0 Å². The molecule has 2 fully saturated rings. The Morgan fingerprint density at radius 1 is 1.22 bits per heavy atom. The fourth-order valence-electron chi connectivity index (χ4n) is 3.70. The first-order chi connectivity index (χ1) is 11.2. The SMILES string of the molecule is Cc1ccc2oc(C(=O)N3CCC(N4CCNCC4)C3)cc2c1. The number of amides is 1. The molecule has 0 saturated carbocycles. The van der Waals surface area contributed by atoms with Crippen LogP contribution in [0, 0.1) is 6.92 Å². The Kier molecular flexibility index (Phi) is 3.83. The molecule has 2 aliphatic heterocycles. The van der Waals surface area contributed by atoms with Gasteiger partial charge in [0.05, 0.1) is 0 Å². The van der Waals surface area contributed by atoms with E-state index in [1.165, 1.54) is 5.56 Å². The van der Waals surface area contributed by atoms with Gasteiger partial charge in [-0.2, -0.15) is 0 Å². The third-order valence-corrected chi connectivity index (χ3v) is 5.00. The highest BCUT2D eigenvalue weighted by molar-refractivity contribution is 5.96. The van der Waals surface area contributed by atoms with Gasteiger partial charge in [0.15, 0.2) is 5.76 Å². The molecule has 2 aliphatic rings. The average Bonchev–Trinajstić information content (AvgIpc) is 3.21. The number of rotatable bonds is 2. The van der Waals surface area contributed by atoms with Gasteiger partial charge in [-0.05, 0) is 31.5 Å². The Morgan fingerprint density at radius 3 is 2.87 bits per heavy atom. The highest BCUT2D eigenvalue weighted by Gasteiger charge is 2.32. The Balaban J connectivity index is 1.48. The lowest BCUT2D eigenvalue weighted by Gasteiger charge is -2.32. The van der Waals surface area contributed by atoms with E-state index in [0.717, 1.165) is 56.7 Å². The van der Waals surface area contributed by atoms with Crippen LogP contribution in [-0.4, -0.2) is 61.0 Å². The van der Waals surface area contributed by atoms with E-state index in [0.29, 0.717) is 11.8 Å². The highest BCUT2D eigenvalue weighted by atomic mass is 16.3. The van der Waals surface area contributed by atoms with Crippen LogP contribution in [0.15, 0.2) is 28.7 Å². The quantitative estimate of drug-likeness (QED) is 0.919. The molecular weight excluding hydrogens is 290 g/mol. The zero-order chi connectivity index (χ0) is 15.8. The summed E-state index contributed by atoms with van der Waals surface area (Å²) in [4.78, 5) is 17.2. The molecule has 122 valence electrons. The van der Waals surface area contributed by atoms with Crippen LogP contribution in [0.4, 0.5) is 0 Å². The summed E-state index contributed by atoms with van der Waals surface area (Å²) in [5.74, 6) is 0.489. The molecule has 0 spiro atoms. The first kappa shape index (κ1) is 14.7. The van der Waals surface area contributed by atoms with Crippen molar-refractivity contribution in [3.8, 4) is 0 Å². The minimum Gasteiger partial charge on any atom is -0.451 e. The summed E-state index contributed by atoms with van der Waals surface area (Å²) in [5, 5.41) is 4.39. The molecule has 23 heavy (non-hydrogen) atoms. The number of piperazine rings is 1. The first-order valence-corrected chi connectivity index (χ1v) is 8.45. The minimum atomic E-state index is 0.0245. The largest absolute Gasteiger partial charge is 0.451 e. The summed E-state index contributed by atoms with van der Waals surface area (Å²) >= 11 is 0. The zero-order valence-electron chi connectivity index (χ0n) is 13.5. The van der Waals surface area contributed by atoms with Crippen molar-refractivity contribution in [1.29, 1.82) is 0 Å². The predicted molar refractivity (Wildman–Crippen MR) is 89.7 cm³/mol. The van der Waals surface area contributed by atoms with Crippen LogP contribution in [0.5, 0.6) is 0 Å². The molecule has 1 N–H and O–H groups in total. The van der Waals surface area contributed by atoms with E-state index in [9.17, 15) is 4.79 Å². The lowest BCUT2D eigenvalue weighted by Crippen LogP contribution is -2.49. The van der Waals surface area contributed by atoms with Gasteiger partial charge in [-0.1, -0.05) is 11.6 Å². The van der Waals surface area contributed by atoms with Gasteiger partial charge in [0.2, 0.25) is 0 Å². The number of nitrogens with zero attached hydrogens (tertiary/aromatic N) is 2. The number of aryl methyl sites for hydroxylation is 1. The zero-order valence-corrected chi connectivity index (χ0v) is 13.5. The van der Waals surface area contributed by atoms with E-state index in [1.54, 1.807) is 0 Å². The van der Waals surface area contributed by atoms with E-state index in [1.807, 2.05) is 30.0 Å². The number of nitrogens with one attached hydrogen (secondary N) is 1. The molecule has 2 aromatic rings. The summed E-state index contributed by atoms with van der Waals surface area (Å²) in [6.07, 6.45) is 1.06. The van der Waals surface area contributed by atoms with Gasteiger partial charge in [-0.25, -0.2) is 0 Å². The monoisotopic (exact) mass is 313 g/mol. The number of likely N-dealkylation sites (tertiary alicyclic amines) is 1. The van der Waals surface area contributed by atoms with Gasteiger partial charge in [0.1, 0.15) is 5.58 Å². The number of fused-ring (bicyclic) bond motifs is 1. The third kappa shape index (κ3) is 2.86.